The molecule has 0 heterocycles. The van der Waals surface area contributed by atoms with Gasteiger partial charge in [-0.1, -0.05) is 12.2 Å². The van der Waals surface area contributed by atoms with Gasteiger partial charge >= 0.3 is 19.5 Å². The molecule has 0 aliphatic heterocycles. The predicted octanol–water partition coefficient (Wildman–Crippen LogP) is -0.575. The molecule has 0 aromatic rings. The minimum Gasteiger partial charge on any atom is -0.545 e. The zero-order chi connectivity index (χ0) is 12.0. The Labute approximate surface area is 103 Å². The summed E-state index contributed by atoms with van der Waals surface area (Å²) in [5.41, 5.74) is 0. The molecule has 0 amide bonds. The topological polar surface area (TPSA) is 80.3 Å². The van der Waals surface area contributed by atoms with Crippen molar-refractivity contribution in [1.29, 1.82) is 0 Å². The Morgan fingerprint density at radius 2 is 1.13 bits per heavy atom. The van der Waals surface area contributed by atoms with Crippen LogP contribution in [0.1, 0.15) is 13.8 Å². The van der Waals surface area contributed by atoms with Gasteiger partial charge in [-0.25, -0.2) is 0 Å². The second-order valence-electron chi connectivity index (χ2n) is 1.64. The summed E-state index contributed by atoms with van der Waals surface area (Å²) < 4.78 is 0. The summed E-state index contributed by atoms with van der Waals surface area (Å²) in [6.45, 7) is 9.24. The van der Waals surface area contributed by atoms with Gasteiger partial charge in [0.05, 0.1) is 11.9 Å². The van der Waals surface area contributed by atoms with Crippen LogP contribution in [-0.4, -0.2) is 11.9 Å². The minimum absolute atomic E-state index is 0. The van der Waals surface area contributed by atoms with E-state index in [1.807, 2.05) is 0 Å². The summed E-state index contributed by atoms with van der Waals surface area (Å²) in [6, 6.07) is 0. The van der Waals surface area contributed by atoms with Crippen molar-refractivity contribution < 1.29 is 39.3 Å². The van der Waals surface area contributed by atoms with Gasteiger partial charge in [-0.15, -0.1) is 13.2 Å². The Hall–Kier alpha value is -1.22. The third-order valence-electron chi connectivity index (χ3n) is 0.605. The summed E-state index contributed by atoms with van der Waals surface area (Å²) in [5, 5.41) is 18.8. The van der Waals surface area contributed by atoms with Crippen LogP contribution >= 0.6 is 0 Å². The second-order valence-corrected chi connectivity index (χ2v) is 1.64. The fourth-order valence-corrected chi connectivity index (χ4v) is 0.272. The molecule has 0 aliphatic carbocycles. The molecule has 4 nitrogen and oxygen atoms in total. The normalized spacial score (nSPS) is 7.87. The molecular formula is C10H14O4Zn. The molecule has 0 N–H and O–H groups in total. The smallest absolute Gasteiger partial charge is 0.545 e. The van der Waals surface area contributed by atoms with Crippen molar-refractivity contribution in [3.8, 4) is 0 Å². The first-order chi connectivity index (χ1) is 6.54. The first kappa shape index (κ1) is 23.5. The van der Waals surface area contributed by atoms with Crippen LogP contribution in [0.4, 0.5) is 0 Å². The third-order valence-corrected chi connectivity index (χ3v) is 0.605. The molecule has 0 aliphatic rings. The van der Waals surface area contributed by atoms with E-state index in [0.717, 1.165) is 12.2 Å². The standard InChI is InChI=1S/2C4H6O2.C2H4.Zn/c2*1-2-3-4(5)6;1-2;/h2*2-3H,1H3,(H,5,6);1-2H2;/q;;;+2/p-2. The monoisotopic (exact) mass is 262 g/mol. The van der Waals surface area contributed by atoms with Crippen molar-refractivity contribution in [2.45, 2.75) is 13.8 Å². The van der Waals surface area contributed by atoms with Gasteiger partial charge in [0.25, 0.3) is 0 Å². The number of allylic oxidation sites excluding steroid dienone is 2. The van der Waals surface area contributed by atoms with Crippen molar-refractivity contribution in [3.63, 3.8) is 0 Å². The average molecular weight is 264 g/mol. The molecule has 5 heteroatoms. The van der Waals surface area contributed by atoms with Crippen LogP contribution in [0.5, 0.6) is 0 Å². The van der Waals surface area contributed by atoms with Gasteiger partial charge < -0.3 is 19.8 Å². The van der Waals surface area contributed by atoms with Crippen molar-refractivity contribution in [1.82, 2.24) is 0 Å². The summed E-state index contributed by atoms with van der Waals surface area (Å²) >= 11 is 0. The second kappa shape index (κ2) is 23.0. The van der Waals surface area contributed by atoms with Gasteiger partial charge in [-0.05, 0) is 26.0 Å². The van der Waals surface area contributed by atoms with Crippen LogP contribution in [0.3, 0.4) is 0 Å². The number of carbonyl (C=O) groups excluding carboxylic acids is 2. The van der Waals surface area contributed by atoms with E-state index >= 15 is 0 Å². The van der Waals surface area contributed by atoms with Crippen molar-refractivity contribution in [2.24, 2.45) is 0 Å². The molecule has 0 atom stereocenters. The molecule has 0 radical (unpaired) electrons. The van der Waals surface area contributed by atoms with Crippen LogP contribution in [0.25, 0.3) is 0 Å². The first-order valence-electron chi connectivity index (χ1n) is 3.72. The molecule has 15 heavy (non-hydrogen) atoms. The third kappa shape index (κ3) is 65.0. The molecule has 0 aromatic carbocycles. The van der Waals surface area contributed by atoms with Crippen LogP contribution in [-0.2, 0) is 29.1 Å². The Morgan fingerprint density at radius 3 is 1.13 bits per heavy atom. The summed E-state index contributed by atoms with van der Waals surface area (Å²) in [7, 11) is 0. The summed E-state index contributed by atoms with van der Waals surface area (Å²) in [5.74, 6) is -2.28. The molecule has 0 aromatic heterocycles. The number of hydrogen-bond acceptors (Lipinski definition) is 4. The van der Waals surface area contributed by atoms with Crippen LogP contribution in [0, 0.1) is 0 Å². The maximum atomic E-state index is 9.40. The molecule has 0 saturated heterocycles. The van der Waals surface area contributed by atoms with Gasteiger partial charge in [0.1, 0.15) is 0 Å². The van der Waals surface area contributed by atoms with E-state index in [4.69, 9.17) is 0 Å². The largest absolute Gasteiger partial charge is 2.00 e. The van der Waals surface area contributed by atoms with Crippen molar-refractivity contribution in [3.05, 3.63) is 37.5 Å². The average Bonchev–Trinajstić information content (AvgIpc) is 2.08. The van der Waals surface area contributed by atoms with E-state index in [2.05, 4.69) is 13.2 Å². The zero-order valence-electron chi connectivity index (χ0n) is 9.06. The minimum atomic E-state index is -1.14. The molecular weight excluding hydrogens is 249 g/mol. The van der Waals surface area contributed by atoms with Crippen LogP contribution < -0.4 is 10.2 Å². The van der Waals surface area contributed by atoms with Crippen LogP contribution in [0.2, 0.25) is 0 Å². The van der Waals surface area contributed by atoms with Gasteiger partial charge in [0.2, 0.25) is 0 Å². The Morgan fingerprint density at radius 1 is 0.933 bits per heavy atom. The summed E-state index contributed by atoms with van der Waals surface area (Å²) in [6.07, 6.45) is 4.77. The number of carboxylic acids is 2. The van der Waals surface area contributed by atoms with E-state index in [-0.39, 0.29) is 19.5 Å². The maximum absolute atomic E-state index is 9.40. The van der Waals surface area contributed by atoms with Gasteiger partial charge in [-0.3, -0.25) is 0 Å². The molecule has 0 saturated carbocycles. The van der Waals surface area contributed by atoms with Gasteiger partial charge in [0.15, 0.2) is 0 Å². The summed E-state index contributed by atoms with van der Waals surface area (Å²) in [4.78, 5) is 18.8. The Balaban J connectivity index is -0.0000000653. The Bertz CT molecular complexity index is 187. The maximum Gasteiger partial charge on any atom is 2.00 e. The number of hydrogen-bond donors (Lipinski definition) is 0. The SMILES string of the molecule is C=C.CC=CC(=O)[O-].CC=CC(=O)[O-].[Zn+2]. The number of aliphatic carboxylic acids is 2. The molecule has 0 fully saturated rings. The fraction of sp³-hybridized carbons (Fsp3) is 0.200. The molecule has 0 spiro atoms. The number of carbonyl (C=O) groups is 2. The van der Waals surface area contributed by atoms with E-state index in [1.165, 1.54) is 12.2 Å². The van der Waals surface area contributed by atoms with Crippen molar-refractivity contribution >= 4 is 11.9 Å². The zero-order valence-corrected chi connectivity index (χ0v) is 12.0. The van der Waals surface area contributed by atoms with E-state index in [1.54, 1.807) is 13.8 Å². The molecule has 80 valence electrons. The molecule has 0 bridgehead atoms. The molecule has 0 unspecified atom stereocenters. The van der Waals surface area contributed by atoms with Gasteiger partial charge in [0, 0.05) is 0 Å². The van der Waals surface area contributed by atoms with E-state index < -0.39 is 11.9 Å². The number of rotatable bonds is 2. The molecule has 0 rings (SSSR count). The quantitative estimate of drug-likeness (QED) is 0.379. The van der Waals surface area contributed by atoms with Crippen LogP contribution in [0.15, 0.2) is 37.5 Å². The Kier molecular flexibility index (Phi) is 36.1. The predicted molar refractivity (Wildman–Crippen MR) is 50.9 cm³/mol. The fourth-order valence-electron chi connectivity index (χ4n) is 0.272. The van der Waals surface area contributed by atoms with E-state index in [9.17, 15) is 19.8 Å². The van der Waals surface area contributed by atoms with Gasteiger partial charge in [-0.2, -0.15) is 0 Å². The first-order valence-corrected chi connectivity index (χ1v) is 3.72. The van der Waals surface area contributed by atoms with Crippen molar-refractivity contribution in [2.75, 3.05) is 0 Å². The number of carboxylic acid groups (broad SMARTS) is 2. The van der Waals surface area contributed by atoms with E-state index in [0.29, 0.717) is 0 Å².